The van der Waals surface area contributed by atoms with Crippen molar-refractivity contribution in [2.24, 2.45) is 0 Å². The molecule has 130 valence electrons. The van der Waals surface area contributed by atoms with Crippen LogP contribution in [0.3, 0.4) is 0 Å². The fourth-order valence-electron chi connectivity index (χ4n) is 2.46. The number of carbonyl (C=O) groups is 3. The molecule has 1 aromatic carbocycles. The topological polar surface area (TPSA) is 87.7 Å². The Hall–Kier alpha value is -1.99. The zero-order chi connectivity index (χ0) is 17.7. The highest BCUT2D eigenvalue weighted by Gasteiger charge is 2.35. The first-order chi connectivity index (χ1) is 11.4. The van der Waals surface area contributed by atoms with Crippen molar-refractivity contribution >= 4 is 41.1 Å². The molecule has 0 saturated carbocycles. The van der Waals surface area contributed by atoms with Crippen molar-refractivity contribution in [1.82, 2.24) is 15.8 Å². The molecule has 0 spiro atoms. The van der Waals surface area contributed by atoms with Crippen LogP contribution in [0.2, 0.25) is 10.0 Å². The van der Waals surface area contributed by atoms with Gasteiger partial charge in [0.25, 0.3) is 11.8 Å². The van der Waals surface area contributed by atoms with Crippen LogP contribution >= 0.6 is 23.2 Å². The lowest BCUT2D eigenvalue weighted by Crippen LogP contribution is -2.51. The first-order valence-corrected chi connectivity index (χ1v) is 8.18. The number of ether oxygens (including phenoxy) is 1. The molecule has 1 saturated heterocycles. The van der Waals surface area contributed by atoms with Gasteiger partial charge >= 0.3 is 6.09 Å². The van der Waals surface area contributed by atoms with Gasteiger partial charge in [-0.25, -0.2) is 10.2 Å². The van der Waals surface area contributed by atoms with Crippen molar-refractivity contribution in [3.05, 3.63) is 33.8 Å². The molecule has 7 nitrogen and oxygen atoms in total. The number of rotatable bonds is 3. The molecule has 2 N–H and O–H groups in total. The Morgan fingerprint density at radius 2 is 2.04 bits per heavy atom. The van der Waals surface area contributed by atoms with Crippen molar-refractivity contribution in [1.29, 1.82) is 0 Å². The number of nitrogens with one attached hydrogen (secondary N) is 2. The standard InChI is InChI=1S/C15H17Cl2N3O4/c1-2-24-15(23)19-18-13(21)12-4-3-7-20(12)14(22)10-8-9(16)5-6-11(10)17/h5-6,8,12H,2-4,7H2,1H3,(H,18,21)(H,19,23). The minimum atomic E-state index is -0.764. The summed E-state index contributed by atoms with van der Waals surface area (Å²) < 4.78 is 4.65. The minimum Gasteiger partial charge on any atom is -0.449 e. The predicted octanol–water partition coefficient (Wildman–Crippen LogP) is 2.38. The summed E-state index contributed by atoms with van der Waals surface area (Å²) in [5.41, 5.74) is 4.63. The lowest BCUT2D eigenvalue weighted by atomic mass is 10.1. The number of hydrogen-bond acceptors (Lipinski definition) is 4. The van der Waals surface area contributed by atoms with E-state index in [0.717, 1.165) is 0 Å². The van der Waals surface area contributed by atoms with Gasteiger partial charge in [0.1, 0.15) is 6.04 Å². The van der Waals surface area contributed by atoms with Crippen LogP contribution in [0.15, 0.2) is 18.2 Å². The SMILES string of the molecule is CCOC(=O)NNC(=O)C1CCCN1C(=O)c1cc(Cl)ccc1Cl. The summed E-state index contributed by atoms with van der Waals surface area (Å²) in [6, 6.07) is 3.88. The first kappa shape index (κ1) is 18.4. The highest BCUT2D eigenvalue weighted by atomic mass is 35.5. The van der Waals surface area contributed by atoms with Crippen LogP contribution in [-0.2, 0) is 9.53 Å². The highest BCUT2D eigenvalue weighted by Crippen LogP contribution is 2.26. The summed E-state index contributed by atoms with van der Waals surface area (Å²) in [7, 11) is 0. The molecule has 1 aliphatic rings. The number of amides is 3. The second-order valence-corrected chi connectivity index (χ2v) is 5.96. The number of halogens is 2. The van der Waals surface area contributed by atoms with E-state index >= 15 is 0 Å². The van der Waals surface area contributed by atoms with Gasteiger partial charge in [-0.3, -0.25) is 15.0 Å². The molecule has 0 bridgehead atoms. The van der Waals surface area contributed by atoms with Crippen LogP contribution in [0.4, 0.5) is 4.79 Å². The molecule has 0 aromatic heterocycles. The zero-order valence-electron chi connectivity index (χ0n) is 13.0. The third-order valence-electron chi connectivity index (χ3n) is 3.54. The van der Waals surface area contributed by atoms with Crippen LogP contribution in [-0.4, -0.2) is 42.0 Å². The molecule has 1 aliphatic heterocycles. The van der Waals surface area contributed by atoms with Gasteiger partial charge in [-0.15, -0.1) is 0 Å². The summed E-state index contributed by atoms with van der Waals surface area (Å²) in [6.07, 6.45) is 0.390. The van der Waals surface area contributed by atoms with E-state index in [1.165, 1.54) is 17.0 Å². The maximum Gasteiger partial charge on any atom is 0.426 e. The third kappa shape index (κ3) is 4.30. The van der Waals surface area contributed by atoms with Gasteiger partial charge in [0, 0.05) is 11.6 Å². The van der Waals surface area contributed by atoms with Gasteiger partial charge < -0.3 is 9.64 Å². The first-order valence-electron chi connectivity index (χ1n) is 7.42. The monoisotopic (exact) mass is 373 g/mol. The minimum absolute atomic E-state index is 0.184. The number of nitrogens with zero attached hydrogens (tertiary/aromatic N) is 1. The van der Waals surface area contributed by atoms with Crippen molar-refractivity contribution in [2.45, 2.75) is 25.8 Å². The molecule has 1 heterocycles. The van der Waals surface area contributed by atoms with Crippen molar-refractivity contribution in [3.63, 3.8) is 0 Å². The van der Waals surface area contributed by atoms with Gasteiger partial charge in [0.2, 0.25) is 0 Å². The Kier molecular flexibility index (Phi) is 6.28. The molecule has 1 atom stereocenters. The van der Waals surface area contributed by atoms with E-state index in [9.17, 15) is 14.4 Å². The second-order valence-electron chi connectivity index (χ2n) is 5.12. The Morgan fingerprint density at radius 1 is 1.29 bits per heavy atom. The average molecular weight is 374 g/mol. The summed E-state index contributed by atoms with van der Waals surface area (Å²) in [5.74, 6) is -0.872. The predicted molar refractivity (Wildman–Crippen MR) is 88.8 cm³/mol. The molecule has 3 amide bonds. The maximum atomic E-state index is 12.7. The van der Waals surface area contributed by atoms with E-state index in [1.54, 1.807) is 13.0 Å². The zero-order valence-corrected chi connectivity index (χ0v) is 14.5. The van der Waals surface area contributed by atoms with E-state index < -0.39 is 18.0 Å². The number of likely N-dealkylation sites (tertiary alicyclic amines) is 1. The molecule has 2 rings (SSSR count). The lowest BCUT2D eigenvalue weighted by Gasteiger charge is -2.24. The summed E-state index contributed by atoms with van der Waals surface area (Å²) in [5, 5.41) is 0.645. The fraction of sp³-hybridized carbons (Fsp3) is 0.400. The van der Waals surface area contributed by atoms with E-state index in [-0.39, 0.29) is 23.1 Å². The molecular weight excluding hydrogens is 357 g/mol. The smallest absolute Gasteiger partial charge is 0.426 e. The summed E-state index contributed by atoms with van der Waals surface area (Å²) in [4.78, 5) is 37.5. The third-order valence-corrected chi connectivity index (χ3v) is 4.10. The average Bonchev–Trinajstić information content (AvgIpc) is 3.04. The van der Waals surface area contributed by atoms with Crippen molar-refractivity contribution in [3.8, 4) is 0 Å². The lowest BCUT2D eigenvalue weighted by molar-refractivity contribution is -0.125. The van der Waals surface area contributed by atoms with E-state index in [1.807, 2.05) is 0 Å². The maximum absolute atomic E-state index is 12.7. The number of benzene rings is 1. The molecule has 9 heteroatoms. The quantitative estimate of drug-likeness (QED) is 0.796. The number of carbonyl (C=O) groups excluding carboxylic acids is 3. The Balaban J connectivity index is 2.06. The molecule has 1 unspecified atom stereocenters. The Labute approximate surface area is 149 Å². The van der Waals surface area contributed by atoms with Gasteiger partial charge in [-0.05, 0) is 38.0 Å². The molecule has 1 fully saturated rings. The van der Waals surface area contributed by atoms with Gasteiger partial charge in [-0.2, -0.15) is 0 Å². The van der Waals surface area contributed by atoms with Crippen LogP contribution in [0, 0.1) is 0 Å². The van der Waals surface area contributed by atoms with Crippen LogP contribution in [0.25, 0.3) is 0 Å². The van der Waals surface area contributed by atoms with E-state index in [2.05, 4.69) is 15.6 Å². The van der Waals surface area contributed by atoms with Gasteiger partial charge in [0.15, 0.2) is 0 Å². The summed E-state index contributed by atoms with van der Waals surface area (Å²) >= 11 is 12.0. The molecule has 24 heavy (non-hydrogen) atoms. The van der Waals surface area contributed by atoms with Crippen molar-refractivity contribution in [2.75, 3.05) is 13.2 Å². The largest absolute Gasteiger partial charge is 0.449 e. The van der Waals surface area contributed by atoms with Crippen LogP contribution in [0.5, 0.6) is 0 Å². The number of hydrazine groups is 1. The van der Waals surface area contributed by atoms with E-state index in [4.69, 9.17) is 23.2 Å². The van der Waals surface area contributed by atoms with Gasteiger partial charge in [0.05, 0.1) is 17.2 Å². The fourth-order valence-corrected chi connectivity index (χ4v) is 2.83. The van der Waals surface area contributed by atoms with E-state index in [0.29, 0.717) is 24.4 Å². The highest BCUT2D eigenvalue weighted by molar-refractivity contribution is 6.35. The Bertz CT molecular complexity index is 654. The summed E-state index contributed by atoms with van der Waals surface area (Å²) in [6.45, 7) is 2.25. The van der Waals surface area contributed by atoms with Crippen LogP contribution in [0.1, 0.15) is 30.1 Å². The normalized spacial score (nSPS) is 16.6. The second kappa shape index (κ2) is 8.21. The number of hydrogen-bond donors (Lipinski definition) is 2. The van der Waals surface area contributed by atoms with Gasteiger partial charge in [-0.1, -0.05) is 23.2 Å². The van der Waals surface area contributed by atoms with Crippen LogP contribution < -0.4 is 10.9 Å². The molecule has 1 aromatic rings. The molecule has 0 radical (unpaired) electrons. The molecular formula is C15H17Cl2N3O4. The Morgan fingerprint density at radius 3 is 2.75 bits per heavy atom. The van der Waals surface area contributed by atoms with Crippen molar-refractivity contribution < 1.29 is 19.1 Å². The molecule has 0 aliphatic carbocycles.